The number of para-hydroxylation sites is 1. The van der Waals surface area contributed by atoms with Crippen LogP contribution in [0, 0.1) is 11.7 Å². The highest BCUT2D eigenvalue weighted by Gasteiger charge is 2.31. The van der Waals surface area contributed by atoms with Gasteiger partial charge in [0.15, 0.2) is 5.13 Å². The lowest BCUT2D eigenvalue weighted by Crippen LogP contribution is -2.51. The van der Waals surface area contributed by atoms with E-state index in [2.05, 4.69) is 14.8 Å². The first-order chi connectivity index (χ1) is 15.1. The zero-order chi connectivity index (χ0) is 21.4. The summed E-state index contributed by atoms with van der Waals surface area (Å²) in [7, 11) is 0. The van der Waals surface area contributed by atoms with Crippen LogP contribution in [0.25, 0.3) is 10.2 Å². The van der Waals surface area contributed by atoms with Gasteiger partial charge in [-0.1, -0.05) is 35.1 Å². The van der Waals surface area contributed by atoms with Gasteiger partial charge in [-0.25, -0.2) is 9.37 Å². The molecule has 0 radical (unpaired) electrons. The summed E-state index contributed by atoms with van der Waals surface area (Å²) in [6.45, 7) is 4.67. The predicted molar refractivity (Wildman–Crippen MR) is 125 cm³/mol. The van der Waals surface area contributed by atoms with Gasteiger partial charge in [-0.2, -0.15) is 0 Å². The molecule has 0 unspecified atom stereocenters. The van der Waals surface area contributed by atoms with Gasteiger partial charge in [-0.05, 0) is 43.2 Å². The number of amides is 1. The zero-order valence-electron chi connectivity index (χ0n) is 17.1. The summed E-state index contributed by atoms with van der Waals surface area (Å²) in [6.07, 6.45) is 1.65. The highest BCUT2D eigenvalue weighted by Crippen LogP contribution is 2.32. The normalized spacial score (nSPS) is 18.1. The van der Waals surface area contributed by atoms with E-state index < -0.39 is 0 Å². The number of hydrogen-bond donors (Lipinski definition) is 0. The van der Waals surface area contributed by atoms with Gasteiger partial charge in [0.1, 0.15) is 5.82 Å². The number of anilines is 2. The summed E-state index contributed by atoms with van der Waals surface area (Å²) < 4.78 is 14.3. The third-order valence-corrected chi connectivity index (χ3v) is 7.64. The van der Waals surface area contributed by atoms with E-state index in [4.69, 9.17) is 11.6 Å². The largest absolute Gasteiger partial charge is 0.367 e. The van der Waals surface area contributed by atoms with Gasteiger partial charge in [0.25, 0.3) is 0 Å². The van der Waals surface area contributed by atoms with E-state index >= 15 is 0 Å². The molecule has 8 heteroatoms. The maximum Gasteiger partial charge on any atom is 0.225 e. The average Bonchev–Trinajstić information content (AvgIpc) is 3.22. The lowest BCUT2D eigenvalue weighted by molar-refractivity contribution is -0.136. The van der Waals surface area contributed by atoms with Crippen molar-refractivity contribution in [2.75, 3.05) is 49.1 Å². The van der Waals surface area contributed by atoms with Crippen molar-refractivity contribution in [3.63, 3.8) is 0 Å². The van der Waals surface area contributed by atoms with Crippen LogP contribution in [0.2, 0.25) is 5.02 Å². The molecule has 5 nitrogen and oxygen atoms in total. The van der Waals surface area contributed by atoms with Crippen LogP contribution in [0.15, 0.2) is 42.5 Å². The summed E-state index contributed by atoms with van der Waals surface area (Å²) in [5.74, 6) is 0.0985. The van der Waals surface area contributed by atoms with Crippen molar-refractivity contribution in [3.8, 4) is 0 Å². The first-order valence-electron chi connectivity index (χ1n) is 10.7. The predicted octanol–water partition coefficient (Wildman–Crippen LogP) is 4.65. The summed E-state index contributed by atoms with van der Waals surface area (Å²) in [5.41, 5.74) is 1.87. The highest BCUT2D eigenvalue weighted by atomic mass is 35.5. The molecule has 31 heavy (non-hydrogen) atoms. The minimum atomic E-state index is -0.235. The van der Waals surface area contributed by atoms with Crippen LogP contribution in [0.1, 0.15) is 12.8 Å². The van der Waals surface area contributed by atoms with Crippen molar-refractivity contribution in [2.24, 2.45) is 5.92 Å². The third-order valence-electron chi connectivity index (χ3n) is 6.24. The van der Waals surface area contributed by atoms with Crippen LogP contribution in [0.4, 0.5) is 15.2 Å². The number of piperidine rings is 1. The van der Waals surface area contributed by atoms with Gasteiger partial charge in [0.05, 0.1) is 20.9 Å². The Labute approximate surface area is 190 Å². The lowest BCUT2D eigenvalue weighted by atomic mass is 9.95. The molecule has 2 fully saturated rings. The Morgan fingerprint density at radius 1 is 1.00 bits per heavy atom. The number of rotatable bonds is 3. The van der Waals surface area contributed by atoms with Crippen LogP contribution in [0.3, 0.4) is 0 Å². The Bertz CT molecular complexity index is 1090. The van der Waals surface area contributed by atoms with Crippen molar-refractivity contribution in [1.29, 1.82) is 0 Å². The molecular weight excluding hydrogens is 435 g/mol. The fourth-order valence-electron chi connectivity index (χ4n) is 4.47. The number of benzene rings is 2. The molecule has 2 aliphatic rings. The Kier molecular flexibility index (Phi) is 5.71. The molecule has 0 atom stereocenters. The number of thiazole rings is 1. The van der Waals surface area contributed by atoms with Crippen molar-refractivity contribution < 1.29 is 9.18 Å². The van der Waals surface area contributed by atoms with Gasteiger partial charge in [0.2, 0.25) is 5.91 Å². The van der Waals surface area contributed by atoms with Crippen molar-refractivity contribution in [1.82, 2.24) is 9.88 Å². The topological polar surface area (TPSA) is 39.7 Å². The molecule has 2 saturated heterocycles. The van der Waals surface area contributed by atoms with E-state index in [0.29, 0.717) is 0 Å². The maximum atomic E-state index is 13.5. The molecule has 5 rings (SSSR count). The molecule has 1 aromatic heterocycles. The maximum absolute atomic E-state index is 13.5. The standard InChI is InChI=1S/C23H24ClFN4OS/c24-18-3-1-2-4-20(18)27-11-13-28(14-12-27)22(30)16-7-9-29(10-8-16)23-26-19-6-5-17(25)15-21(19)31-23/h1-6,15-16H,7-14H2. The van der Waals surface area contributed by atoms with E-state index in [0.717, 1.165) is 78.2 Å². The van der Waals surface area contributed by atoms with Gasteiger partial charge in [-0.3, -0.25) is 4.79 Å². The van der Waals surface area contributed by atoms with E-state index in [-0.39, 0.29) is 17.6 Å². The van der Waals surface area contributed by atoms with Crippen LogP contribution in [-0.2, 0) is 4.79 Å². The Balaban J connectivity index is 1.16. The number of piperazine rings is 1. The molecule has 0 spiro atoms. The zero-order valence-corrected chi connectivity index (χ0v) is 18.7. The number of carbonyl (C=O) groups excluding carboxylic acids is 1. The Hall–Kier alpha value is -2.38. The van der Waals surface area contributed by atoms with Crippen molar-refractivity contribution in [2.45, 2.75) is 12.8 Å². The van der Waals surface area contributed by atoms with Gasteiger partial charge in [0, 0.05) is 45.2 Å². The molecule has 162 valence electrons. The minimum absolute atomic E-state index is 0.0648. The van der Waals surface area contributed by atoms with E-state index in [1.54, 1.807) is 6.07 Å². The molecule has 3 heterocycles. The third kappa shape index (κ3) is 4.21. The van der Waals surface area contributed by atoms with E-state index in [9.17, 15) is 9.18 Å². The second-order valence-corrected chi connectivity index (χ2v) is 9.55. The summed E-state index contributed by atoms with van der Waals surface area (Å²) in [6, 6.07) is 12.6. The van der Waals surface area contributed by atoms with E-state index in [1.807, 2.05) is 29.2 Å². The smallest absolute Gasteiger partial charge is 0.225 e. The molecule has 3 aromatic rings. The number of nitrogens with zero attached hydrogens (tertiary/aromatic N) is 4. The number of aromatic nitrogens is 1. The Morgan fingerprint density at radius 3 is 2.48 bits per heavy atom. The van der Waals surface area contributed by atoms with Crippen LogP contribution >= 0.6 is 22.9 Å². The molecule has 2 aromatic carbocycles. The molecule has 1 amide bonds. The lowest BCUT2D eigenvalue weighted by Gasteiger charge is -2.39. The number of halogens is 2. The molecule has 0 bridgehead atoms. The monoisotopic (exact) mass is 458 g/mol. The second-order valence-electron chi connectivity index (χ2n) is 8.13. The molecular formula is C23H24ClFN4OS. The van der Waals surface area contributed by atoms with Crippen molar-refractivity contribution >= 4 is 49.9 Å². The van der Waals surface area contributed by atoms with E-state index in [1.165, 1.54) is 23.5 Å². The SMILES string of the molecule is O=C(C1CCN(c2nc3ccc(F)cc3s2)CC1)N1CCN(c2ccccc2Cl)CC1. The number of hydrogen-bond acceptors (Lipinski definition) is 5. The summed E-state index contributed by atoms with van der Waals surface area (Å²) in [5, 5.41) is 1.67. The first kappa shape index (κ1) is 20.5. The molecule has 0 aliphatic carbocycles. The first-order valence-corrected chi connectivity index (χ1v) is 11.9. The second kappa shape index (κ2) is 8.63. The highest BCUT2D eigenvalue weighted by molar-refractivity contribution is 7.22. The molecule has 2 aliphatic heterocycles. The summed E-state index contributed by atoms with van der Waals surface area (Å²) >= 11 is 7.84. The summed E-state index contributed by atoms with van der Waals surface area (Å²) in [4.78, 5) is 24.2. The van der Waals surface area contributed by atoms with Crippen molar-refractivity contribution in [3.05, 3.63) is 53.3 Å². The van der Waals surface area contributed by atoms with Crippen LogP contribution in [-0.4, -0.2) is 55.1 Å². The fraction of sp³-hybridized carbons (Fsp3) is 0.391. The molecule has 0 saturated carbocycles. The van der Waals surface area contributed by atoms with Gasteiger partial charge >= 0.3 is 0 Å². The molecule has 0 N–H and O–H groups in total. The average molecular weight is 459 g/mol. The number of carbonyl (C=O) groups is 1. The quantitative estimate of drug-likeness (QED) is 0.572. The van der Waals surface area contributed by atoms with Crippen LogP contribution in [0.5, 0.6) is 0 Å². The van der Waals surface area contributed by atoms with Crippen LogP contribution < -0.4 is 9.80 Å². The minimum Gasteiger partial charge on any atom is -0.367 e. The number of fused-ring (bicyclic) bond motifs is 1. The Morgan fingerprint density at radius 2 is 1.74 bits per heavy atom. The fourth-order valence-corrected chi connectivity index (χ4v) is 5.77. The van der Waals surface area contributed by atoms with Gasteiger partial charge < -0.3 is 14.7 Å². The van der Waals surface area contributed by atoms with Gasteiger partial charge in [-0.15, -0.1) is 0 Å².